The molecule has 1 fully saturated rings. The molecule has 2 heterocycles. The van der Waals surface area contributed by atoms with Gasteiger partial charge in [-0.3, -0.25) is 4.90 Å². The van der Waals surface area contributed by atoms with Crippen molar-refractivity contribution in [3.63, 3.8) is 0 Å². The average Bonchev–Trinajstić information content (AvgIpc) is 3.08. The van der Waals surface area contributed by atoms with Gasteiger partial charge in [-0.1, -0.05) is 41.9 Å². The number of thiazole rings is 1. The lowest BCUT2D eigenvalue weighted by Gasteiger charge is -2.25. The fourth-order valence-corrected chi connectivity index (χ4v) is 4.60. The van der Waals surface area contributed by atoms with Gasteiger partial charge in [-0.2, -0.15) is 0 Å². The molecule has 3 aromatic rings. The van der Waals surface area contributed by atoms with E-state index >= 15 is 0 Å². The standard InChI is InChI=1S/C22H23ClFN3OS/c1-28-21-13-19(24)18(23)12-20(21)27-9-5-8-26(10-11-27)14-17-15-29-22(25-17)16-6-3-2-4-7-16/h2-4,6-7,12-13,15H,5,8-11,14H2,1H3. The Kier molecular flexibility index (Phi) is 6.33. The van der Waals surface area contributed by atoms with Gasteiger partial charge in [0.15, 0.2) is 0 Å². The van der Waals surface area contributed by atoms with Crippen molar-refractivity contribution in [2.24, 2.45) is 0 Å². The molecule has 2 aromatic carbocycles. The number of ether oxygens (including phenoxy) is 1. The molecule has 152 valence electrons. The van der Waals surface area contributed by atoms with Crippen LogP contribution in [0.1, 0.15) is 12.1 Å². The van der Waals surface area contributed by atoms with E-state index < -0.39 is 5.82 Å². The molecule has 0 N–H and O–H groups in total. The van der Waals surface area contributed by atoms with Crippen molar-refractivity contribution in [3.8, 4) is 16.3 Å². The van der Waals surface area contributed by atoms with E-state index in [9.17, 15) is 4.39 Å². The minimum Gasteiger partial charge on any atom is -0.494 e. The number of hydrogen-bond donors (Lipinski definition) is 0. The lowest BCUT2D eigenvalue weighted by Crippen LogP contribution is -2.30. The number of halogens is 2. The number of methoxy groups -OCH3 is 1. The molecule has 1 saturated heterocycles. The maximum Gasteiger partial charge on any atom is 0.145 e. The van der Waals surface area contributed by atoms with Crippen LogP contribution in [0.2, 0.25) is 5.02 Å². The fourth-order valence-electron chi connectivity index (χ4n) is 3.62. The molecule has 0 amide bonds. The molecular formula is C22H23ClFN3OS. The Hall–Kier alpha value is -2.15. The average molecular weight is 432 g/mol. The Morgan fingerprint density at radius 2 is 1.97 bits per heavy atom. The van der Waals surface area contributed by atoms with Crippen LogP contribution in [0.25, 0.3) is 10.6 Å². The largest absolute Gasteiger partial charge is 0.494 e. The van der Waals surface area contributed by atoms with Crippen LogP contribution >= 0.6 is 22.9 Å². The van der Waals surface area contributed by atoms with Crippen LogP contribution in [0.3, 0.4) is 0 Å². The first-order chi connectivity index (χ1) is 14.1. The van der Waals surface area contributed by atoms with E-state index in [-0.39, 0.29) is 5.02 Å². The Bertz CT molecular complexity index is 966. The quantitative estimate of drug-likeness (QED) is 0.546. The van der Waals surface area contributed by atoms with Crippen molar-refractivity contribution in [1.29, 1.82) is 0 Å². The molecule has 0 aliphatic carbocycles. The highest BCUT2D eigenvalue weighted by Crippen LogP contribution is 2.34. The first-order valence-corrected chi connectivity index (χ1v) is 10.9. The van der Waals surface area contributed by atoms with Gasteiger partial charge in [0.25, 0.3) is 0 Å². The molecule has 4 nitrogen and oxygen atoms in total. The van der Waals surface area contributed by atoms with Gasteiger partial charge < -0.3 is 9.64 Å². The number of benzene rings is 2. The zero-order chi connectivity index (χ0) is 20.2. The van der Waals surface area contributed by atoms with Gasteiger partial charge in [0, 0.05) is 49.7 Å². The highest BCUT2D eigenvalue weighted by molar-refractivity contribution is 7.13. The van der Waals surface area contributed by atoms with Crippen molar-refractivity contribution in [1.82, 2.24) is 9.88 Å². The molecule has 1 aliphatic heterocycles. The monoisotopic (exact) mass is 431 g/mol. The van der Waals surface area contributed by atoms with Gasteiger partial charge in [-0.25, -0.2) is 9.37 Å². The summed E-state index contributed by atoms with van der Waals surface area (Å²) in [5.74, 6) is 0.0637. The van der Waals surface area contributed by atoms with Crippen molar-refractivity contribution in [2.45, 2.75) is 13.0 Å². The van der Waals surface area contributed by atoms with Crippen molar-refractivity contribution >= 4 is 28.6 Å². The maximum absolute atomic E-state index is 13.8. The van der Waals surface area contributed by atoms with Crippen LogP contribution in [-0.4, -0.2) is 43.2 Å². The Morgan fingerprint density at radius 3 is 2.76 bits per heavy atom. The molecule has 0 saturated carbocycles. The summed E-state index contributed by atoms with van der Waals surface area (Å²) in [6, 6.07) is 13.3. The molecule has 4 rings (SSSR count). The van der Waals surface area contributed by atoms with Gasteiger partial charge in [0.05, 0.1) is 23.5 Å². The SMILES string of the molecule is COc1cc(F)c(Cl)cc1N1CCCN(Cc2csc(-c3ccccc3)n2)CC1. The van der Waals surface area contributed by atoms with Gasteiger partial charge in [-0.05, 0) is 12.5 Å². The maximum atomic E-state index is 13.8. The fraction of sp³-hybridized carbons (Fsp3) is 0.318. The lowest BCUT2D eigenvalue weighted by atomic mass is 10.2. The summed E-state index contributed by atoms with van der Waals surface area (Å²) in [5.41, 5.74) is 3.11. The van der Waals surface area contributed by atoms with E-state index in [2.05, 4.69) is 27.3 Å². The number of anilines is 1. The van der Waals surface area contributed by atoms with Gasteiger partial charge in [-0.15, -0.1) is 11.3 Å². The summed E-state index contributed by atoms with van der Waals surface area (Å²) in [7, 11) is 1.56. The molecule has 0 bridgehead atoms. The smallest absolute Gasteiger partial charge is 0.145 e. The highest BCUT2D eigenvalue weighted by Gasteiger charge is 2.20. The Morgan fingerprint density at radius 1 is 1.14 bits per heavy atom. The molecule has 0 unspecified atom stereocenters. The zero-order valence-electron chi connectivity index (χ0n) is 16.3. The van der Waals surface area contributed by atoms with Crippen molar-refractivity contribution < 1.29 is 9.13 Å². The van der Waals surface area contributed by atoms with Gasteiger partial charge in [0.2, 0.25) is 0 Å². The normalized spacial score (nSPS) is 15.3. The molecule has 29 heavy (non-hydrogen) atoms. The van der Waals surface area contributed by atoms with Crippen molar-refractivity contribution in [2.75, 3.05) is 38.2 Å². The van der Waals surface area contributed by atoms with Crippen LogP contribution in [-0.2, 0) is 6.54 Å². The predicted molar refractivity (Wildman–Crippen MR) is 118 cm³/mol. The van der Waals surface area contributed by atoms with E-state index in [0.717, 1.165) is 61.1 Å². The molecule has 0 spiro atoms. The summed E-state index contributed by atoms with van der Waals surface area (Å²) in [5, 5.41) is 3.33. The highest BCUT2D eigenvalue weighted by atomic mass is 35.5. The van der Waals surface area contributed by atoms with Gasteiger partial charge in [0.1, 0.15) is 16.6 Å². The molecule has 7 heteroatoms. The molecule has 1 aromatic heterocycles. The minimum absolute atomic E-state index is 0.123. The second-order valence-corrected chi connectivity index (χ2v) is 8.33. The molecule has 0 radical (unpaired) electrons. The second kappa shape index (κ2) is 9.11. The Balaban J connectivity index is 1.42. The van der Waals surface area contributed by atoms with Crippen LogP contribution in [0, 0.1) is 5.82 Å². The third-order valence-electron chi connectivity index (χ3n) is 5.11. The molecule has 0 atom stereocenters. The zero-order valence-corrected chi connectivity index (χ0v) is 17.8. The lowest BCUT2D eigenvalue weighted by molar-refractivity contribution is 0.282. The number of rotatable bonds is 5. The predicted octanol–water partition coefficient (Wildman–Crippen LogP) is 5.32. The van der Waals surface area contributed by atoms with Crippen LogP contribution in [0.5, 0.6) is 5.75 Å². The van der Waals surface area contributed by atoms with E-state index in [4.69, 9.17) is 21.3 Å². The first kappa shape index (κ1) is 20.1. The van der Waals surface area contributed by atoms with E-state index in [0.29, 0.717) is 5.75 Å². The number of nitrogens with zero attached hydrogens (tertiary/aromatic N) is 3. The summed E-state index contributed by atoms with van der Waals surface area (Å²) < 4.78 is 19.2. The second-order valence-electron chi connectivity index (χ2n) is 7.06. The number of aromatic nitrogens is 1. The van der Waals surface area contributed by atoms with Crippen molar-refractivity contribution in [3.05, 3.63) is 64.4 Å². The third-order valence-corrected chi connectivity index (χ3v) is 6.34. The molecule has 1 aliphatic rings. The summed E-state index contributed by atoms with van der Waals surface area (Å²) in [6.45, 7) is 4.43. The topological polar surface area (TPSA) is 28.6 Å². The van der Waals surface area contributed by atoms with E-state index in [1.165, 1.54) is 6.07 Å². The first-order valence-electron chi connectivity index (χ1n) is 9.64. The van der Waals surface area contributed by atoms with E-state index in [1.54, 1.807) is 24.5 Å². The summed E-state index contributed by atoms with van der Waals surface area (Å²) in [4.78, 5) is 9.46. The third kappa shape index (κ3) is 4.71. The van der Waals surface area contributed by atoms with Gasteiger partial charge >= 0.3 is 0 Å². The number of hydrogen-bond acceptors (Lipinski definition) is 5. The summed E-state index contributed by atoms with van der Waals surface area (Å²) >= 11 is 7.70. The van der Waals surface area contributed by atoms with Crippen LogP contribution in [0.15, 0.2) is 47.8 Å². The summed E-state index contributed by atoms with van der Waals surface area (Å²) in [6.07, 6.45) is 1.01. The van der Waals surface area contributed by atoms with Crippen LogP contribution in [0.4, 0.5) is 10.1 Å². The molecular weight excluding hydrogens is 409 g/mol. The van der Waals surface area contributed by atoms with Crippen LogP contribution < -0.4 is 9.64 Å². The Labute approximate surface area is 179 Å². The minimum atomic E-state index is -0.457. The van der Waals surface area contributed by atoms with E-state index in [1.807, 2.05) is 18.2 Å².